The molecule has 1 aromatic rings. The standard InChI is InChI=1S/C10H16N2OS/c1-7(10-11-4-5-14-10)12-8-2-3-9(13)6-8/h4-5,7-9,12-13H,2-3,6H2,1H3/t7?,8-,9+/m0/s1. The number of nitrogens with one attached hydrogen (secondary N) is 1. The Hall–Kier alpha value is -0.450. The zero-order chi connectivity index (χ0) is 9.97. The molecule has 14 heavy (non-hydrogen) atoms. The van der Waals surface area contributed by atoms with Crippen LogP contribution in [0.3, 0.4) is 0 Å². The normalized spacial score (nSPS) is 29.3. The molecule has 1 aromatic heterocycles. The van der Waals surface area contributed by atoms with Crippen molar-refractivity contribution in [3.8, 4) is 0 Å². The van der Waals surface area contributed by atoms with E-state index in [-0.39, 0.29) is 6.10 Å². The van der Waals surface area contributed by atoms with E-state index in [9.17, 15) is 5.11 Å². The van der Waals surface area contributed by atoms with Gasteiger partial charge in [0.15, 0.2) is 0 Å². The highest BCUT2D eigenvalue weighted by Crippen LogP contribution is 2.23. The fourth-order valence-corrected chi connectivity index (χ4v) is 2.64. The summed E-state index contributed by atoms with van der Waals surface area (Å²) in [7, 11) is 0. The summed E-state index contributed by atoms with van der Waals surface area (Å²) >= 11 is 1.68. The Bertz CT molecular complexity index is 276. The molecular formula is C10H16N2OS. The van der Waals surface area contributed by atoms with E-state index in [2.05, 4.69) is 17.2 Å². The highest BCUT2D eigenvalue weighted by atomic mass is 32.1. The topological polar surface area (TPSA) is 45.1 Å². The molecule has 1 aliphatic carbocycles. The van der Waals surface area contributed by atoms with Gasteiger partial charge in [0.05, 0.1) is 12.1 Å². The molecule has 0 aromatic carbocycles. The Labute approximate surface area is 88.2 Å². The van der Waals surface area contributed by atoms with Crippen molar-refractivity contribution in [3.05, 3.63) is 16.6 Å². The van der Waals surface area contributed by atoms with Crippen LogP contribution in [0.25, 0.3) is 0 Å². The summed E-state index contributed by atoms with van der Waals surface area (Å²) in [5.41, 5.74) is 0. The lowest BCUT2D eigenvalue weighted by atomic mass is 10.2. The molecule has 0 spiro atoms. The summed E-state index contributed by atoms with van der Waals surface area (Å²) in [5.74, 6) is 0. The average Bonchev–Trinajstić information content (AvgIpc) is 2.75. The highest BCUT2D eigenvalue weighted by molar-refractivity contribution is 7.09. The highest BCUT2D eigenvalue weighted by Gasteiger charge is 2.24. The van der Waals surface area contributed by atoms with E-state index < -0.39 is 0 Å². The van der Waals surface area contributed by atoms with Crippen LogP contribution in [-0.4, -0.2) is 22.2 Å². The van der Waals surface area contributed by atoms with Gasteiger partial charge in [0.1, 0.15) is 5.01 Å². The Kier molecular flexibility index (Phi) is 3.15. The first kappa shape index (κ1) is 10.1. The monoisotopic (exact) mass is 212 g/mol. The molecule has 0 bridgehead atoms. The summed E-state index contributed by atoms with van der Waals surface area (Å²) in [6, 6.07) is 0.772. The van der Waals surface area contributed by atoms with E-state index >= 15 is 0 Å². The summed E-state index contributed by atoms with van der Waals surface area (Å²) in [6.45, 7) is 2.13. The quantitative estimate of drug-likeness (QED) is 0.801. The SMILES string of the molecule is CC(N[C@H]1CC[C@@H](O)C1)c1nccs1. The predicted octanol–water partition coefficient (Wildman–Crippen LogP) is 1.71. The van der Waals surface area contributed by atoms with Crippen molar-refractivity contribution in [2.75, 3.05) is 0 Å². The Balaban J connectivity index is 1.86. The summed E-state index contributed by atoms with van der Waals surface area (Å²) in [6.07, 6.45) is 4.63. The lowest BCUT2D eigenvalue weighted by Crippen LogP contribution is -2.29. The molecule has 78 valence electrons. The van der Waals surface area contributed by atoms with Crippen molar-refractivity contribution in [1.82, 2.24) is 10.3 Å². The maximum atomic E-state index is 9.39. The first-order valence-electron chi connectivity index (χ1n) is 5.09. The third-order valence-corrected chi connectivity index (χ3v) is 3.67. The Morgan fingerprint density at radius 1 is 1.64 bits per heavy atom. The Morgan fingerprint density at radius 2 is 2.50 bits per heavy atom. The molecule has 0 saturated heterocycles. The van der Waals surface area contributed by atoms with E-state index in [1.165, 1.54) is 0 Å². The van der Waals surface area contributed by atoms with Crippen LogP contribution < -0.4 is 5.32 Å². The number of aliphatic hydroxyl groups excluding tert-OH is 1. The number of aromatic nitrogens is 1. The van der Waals surface area contributed by atoms with Crippen LogP contribution in [0.4, 0.5) is 0 Å². The third-order valence-electron chi connectivity index (χ3n) is 2.71. The van der Waals surface area contributed by atoms with Crippen LogP contribution >= 0.6 is 11.3 Å². The second kappa shape index (κ2) is 4.38. The van der Waals surface area contributed by atoms with E-state index in [0.29, 0.717) is 12.1 Å². The smallest absolute Gasteiger partial charge is 0.109 e. The van der Waals surface area contributed by atoms with E-state index in [4.69, 9.17) is 0 Å². The zero-order valence-corrected chi connectivity index (χ0v) is 9.13. The van der Waals surface area contributed by atoms with Crippen LogP contribution in [0.2, 0.25) is 0 Å². The van der Waals surface area contributed by atoms with Gasteiger partial charge in [-0.3, -0.25) is 0 Å². The summed E-state index contributed by atoms with van der Waals surface area (Å²) < 4.78 is 0. The molecule has 1 fully saturated rings. The fraction of sp³-hybridized carbons (Fsp3) is 0.700. The van der Waals surface area contributed by atoms with Gasteiger partial charge in [-0.15, -0.1) is 11.3 Å². The molecule has 3 nitrogen and oxygen atoms in total. The van der Waals surface area contributed by atoms with Gasteiger partial charge in [0, 0.05) is 17.6 Å². The van der Waals surface area contributed by atoms with Gasteiger partial charge in [0.2, 0.25) is 0 Å². The van der Waals surface area contributed by atoms with Crippen LogP contribution in [0.5, 0.6) is 0 Å². The molecule has 2 rings (SSSR count). The molecule has 0 radical (unpaired) electrons. The minimum Gasteiger partial charge on any atom is -0.393 e. The minimum atomic E-state index is -0.101. The zero-order valence-electron chi connectivity index (χ0n) is 8.31. The van der Waals surface area contributed by atoms with Gasteiger partial charge in [0.25, 0.3) is 0 Å². The van der Waals surface area contributed by atoms with Crippen molar-refractivity contribution in [1.29, 1.82) is 0 Å². The second-order valence-corrected chi connectivity index (χ2v) is 4.85. The molecule has 3 atom stereocenters. The van der Waals surface area contributed by atoms with Crippen molar-refractivity contribution < 1.29 is 5.11 Å². The lowest BCUT2D eigenvalue weighted by molar-refractivity contribution is 0.179. The number of aliphatic hydroxyl groups is 1. The third kappa shape index (κ3) is 2.32. The Morgan fingerprint density at radius 3 is 3.07 bits per heavy atom. The van der Waals surface area contributed by atoms with Crippen molar-refractivity contribution >= 4 is 11.3 Å². The first-order chi connectivity index (χ1) is 6.75. The van der Waals surface area contributed by atoms with Crippen LogP contribution in [-0.2, 0) is 0 Å². The number of hydrogen-bond acceptors (Lipinski definition) is 4. The van der Waals surface area contributed by atoms with Gasteiger partial charge >= 0.3 is 0 Å². The fourth-order valence-electron chi connectivity index (χ4n) is 1.98. The van der Waals surface area contributed by atoms with Crippen LogP contribution in [0, 0.1) is 0 Å². The van der Waals surface area contributed by atoms with Gasteiger partial charge in [-0.1, -0.05) is 0 Å². The van der Waals surface area contributed by atoms with E-state index in [1.54, 1.807) is 11.3 Å². The number of hydrogen-bond donors (Lipinski definition) is 2. The maximum absolute atomic E-state index is 9.39. The minimum absolute atomic E-state index is 0.101. The van der Waals surface area contributed by atoms with E-state index in [0.717, 1.165) is 24.3 Å². The van der Waals surface area contributed by atoms with Gasteiger partial charge in [-0.25, -0.2) is 4.98 Å². The van der Waals surface area contributed by atoms with Gasteiger partial charge in [-0.05, 0) is 26.2 Å². The molecule has 1 heterocycles. The molecular weight excluding hydrogens is 196 g/mol. The predicted molar refractivity (Wildman–Crippen MR) is 57.3 cm³/mol. The molecule has 0 amide bonds. The molecule has 4 heteroatoms. The van der Waals surface area contributed by atoms with Gasteiger partial charge in [-0.2, -0.15) is 0 Å². The maximum Gasteiger partial charge on any atom is 0.109 e. The lowest BCUT2D eigenvalue weighted by Gasteiger charge is -2.17. The second-order valence-electron chi connectivity index (χ2n) is 3.92. The summed E-state index contributed by atoms with van der Waals surface area (Å²) in [5, 5.41) is 16.0. The summed E-state index contributed by atoms with van der Waals surface area (Å²) in [4.78, 5) is 4.27. The largest absolute Gasteiger partial charge is 0.393 e. The molecule has 1 unspecified atom stereocenters. The van der Waals surface area contributed by atoms with Crippen molar-refractivity contribution in [2.24, 2.45) is 0 Å². The van der Waals surface area contributed by atoms with Gasteiger partial charge < -0.3 is 10.4 Å². The molecule has 2 N–H and O–H groups in total. The van der Waals surface area contributed by atoms with Crippen LogP contribution in [0.15, 0.2) is 11.6 Å². The average molecular weight is 212 g/mol. The van der Waals surface area contributed by atoms with Crippen LogP contribution in [0.1, 0.15) is 37.2 Å². The molecule has 1 saturated carbocycles. The van der Waals surface area contributed by atoms with E-state index in [1.807, 2.05) is 11.6 Å². The number of rotatable bonds is 3. The number of nitrogens with zero attached hydrogens (tertiary/aromatic N) is 1. The molecule has 1 aliphatic rings. The molecule has 0 aliphatic heterocycles. The number of thiazole rings is 1. The first-order valence-corrected chi connectivity index (χ1v) is 5.97. The van der Waals surface area contributed by atoms with Crippen molar-refractivity contribution in [2.45, 2.75) is 44.4 Å². The van der Waals surface area contributed by atoms with Crippen molar-refractivity contribution in [3.63, 3.8) is 0 Å².